The number of rotatable bonds is 10. The van der Waals surface area contributed by atoms with E-state index in [0.29, 0.717) is 19.5 Å². The summed E-state index contributed by atoms with van der Waals surface area (Å²) < 4.78 is 25.6. The van der Waals surface area contributed by atoms with Crippen LogP contribution >= 0.6 is 0 Å². The summed E-state index contributed by atoms with van der Waals surface area (Å²) in [5, 5.41) is 3.97. The molecule has 2 N–H and O–H groups in total. The molecule has 1 aromatic carbocycles. The van der Waals surface area contributed by atoms with Gasteiger partial charge in [-0.1, -0.05) is 32.0 Å². The third kappa shape index (κ3) is 5.32. The number of nitrogens with one attached hydrogen (secondary N) is 2. The van der Waals surface area contributed by atoms with Crippen molar-refractivity contribution in [2.45, 2.75) is 33.1 Å². The average Bonchev–Trinajstić information content (AvgIpc) is 3.01. The van der Waals surface area contributed by atoms with Crippen LogP contribution in [0.4, 0.5) is 0 Å². The zero-order valence-corrected chi connectivity index (χ0v) is 16.6. The number of nitrogens with zero attached hydrogens (tertiary/aromatic N) is 1. The smallest absolute Gasteiger partial charge is 0.223 e. The molecule has 7 heteroatoms. The summed E-state index contributed by atoms with van der Waals surface area (Å²) in [5.74, 6) is -0.00650. The molecule has 0 aliphatic heterocycles. The molecule has 0 bridgehead atoms. The minimum Gasteiger partial charge on any atom is -0.361 e. The van der Waals surface area contributed by atoms with E-state index in [1.54, 1.807) is 0 Å². The molecule has 144 valence electrons. The van der Waals surface area contributed by atoms with E-state index in [2.05, 4.69) is 10.3 Å². The number of fused-ring (bicyclic) bond motifs is 1. The Kier molecular flexibility index (Phi) is 7.23. The van der Waals surface area contributed by atoms with Gasteiger partial charge in [-0.15, -0.1) is 0 Å². The average molecular weight is 380 g/mol. The van der Waals surface area contributed by atoms with Crippen molar-refractivity contribution in [2.75, 3.05) is 25.9 Å². The lowest BCUT2D eigenvalue weighted by Gasteiger charge is -2.21. The lowest BCUT2D eigenvalue weighted by Crippen LogP contribution is -2.40. The van der Waals surface area contributed by atoms with Gasteiger partial charge in [0, 0.05) is 42.7 Å². The van der Waals surface area contributed by atoms with Crippen LogP contribution in [0.5, 0.6) is 0 Å². The summed E-state index contributed by atoms with van der Waals surface area (Å²) in [4.78, 5) is 15.3. The van der Waals surface area contributed by atoms with Crippen LogP contribution in [0.25, 0.3) is 10.9 Å². The van der Waals surface area contributed by atoms with Crippen LogP contribution in [0, 0.1) is 5.92 Å². The molecule has 2 rings (SSSR count). The third-order valence-electron chi connectivity index (χ3n) is 4.79. The number of carbonyl (C=O) groups excluding carboxylic acids is 1. The van der Waals surface area contributed by atoms with Crippen molar-refractivity contribution in [2.24, 2.45) is 5.92 Å². The molecule has 0 radical (unpaired) electrons. The zero-order chi connectivity index (χ0) is 19.2. The summed E-state index contributed by atoms with van der Waals surface area (Å²) >= 11 is 0. The second-order valence-electron chi connectivity index (χ2n) is 6.58. The lowest BCUT2D eigenvalue weighted by molar-refractivity contribution is -0.125. The van der Waals surface area contributed by atoms with Crippen molar-refractivity contribution in [3.8, 4) is 0 Å². The second kappa shape index (κ2) is 9.19. The number of sulfonamides is 1. The van der Waals surface area contributed by atoms with Crippen LogP contribution in [-0.2, 0) is 21.2 Å². The molecule has 26 heavy (non-hydrogen) atoms. The van der Waals surface area contributed by atoms with E-state index in [0.717, 1.165) is 29.3 Å². The highest BCUT2D eigenvalue weighted by Crippen LogP contribution is 2.18. The maximum Gasteiger partial charge on any atom is 0.223 e. The van der Waals surface area contributed by atoms with Gasteiger partial charge in [-0.05, 0) is 30.9 Å². The number of hydrogen-bond acceptors (Lipinski definition) is 3. The van der Waals surface area contributed by atoms with Gasteiger partial charge in [0.2, 0.25) is 15.9 Å². The van der Waals surface area contributed by atoms with Crippen LogP contribution in [-0.4, -0.2) is 49.5 Å². The Labute approximate surface area is 156 Å². The van der Waals surface area contributed by atoms with E-state index < -0.39 is 10.0 Å². The highest BCUT2D eigenvalue weighted by atomic mass is 32.2. The van der Waals surface area contributed by atoms with Crippen molar-refractivity contribution >= 4 is 26.8 Å². The van der Waals surface area contributed by atoms with Gasteiger partial charge in [-0.25, -0.2) is 12.7 Å². The van der Waals surface area contributed by atoms with E-state index in [9.17, 15) is 13.2 Å². The SMILES string of the molecule is CCC(CC)C(=O)NCCN(CCc1c[nH]c2ccccc12)S(C)(=O)=O. The molecule has 0 unspecified atom stereocenters. The predicted molar refractivity (Wildman–Crippen MR) is 106 cm³/mol. The fourth-order valence-electron chi connectivity index (χ4n) is 3.13. The fourth-order valence-corrected chi connectivity index (χ4v) is 3.98. The maximum atomic E-state index is 12.1. The Balaban J connectivity index is 1.95. The largest absolute Gasteiger partial charge is 0.361 e. The van der Waals surface area contributed by atoms with Gasteiger partial charge < -0.3 is 10.3 Å². The summed E-state index contributed by atoms with van der Waals surface area (Å²) in [6, 6.07) is 7.97. The van der Waals surface area contributed by atoms with Crippen LogP contribution in [0.1, 0.15) is 32.3 Å². The predicted octanol–water partition coefficient (Wildman–Crippen LogP) is 2.52. The molecule has 0 spiro atoms. The van der Waals surface area contributed by atoms with Gasteiger partial charge in [0.1, 0.15) is 0 Å². The number of benzene rings is 1. The van der Waals surface area contributed by atoms with Gasteiger partial charge in [0.05, 0.1) is 6.26 Å². The molecule has 1 amide bonds. The Morgan fingerprint density at radius 2 is 1.88 bits per heavy atom. The summed E-state index contributed by atoms with van der Waals surface area (Å²) in [5.41, 5.74) is 2.14. The van der Waals surface area contributed by atoms with Crippen LogP contribution in [0.15, 0.2) is 30.5 Å². The Bertz CT molecular complexity index is 825. The molecular formula is C19H29N3O3S. The molecule has 0 fully saturated rings. The minimum absolute atomic E-state index is 0.0000737. The number of H-pyrrole nitrogens is 1. The minimum atomic E-state index is -3.33. The Morgan fingerprint density at radius 3 is 2.54 bits per heavy atom. The monoisotopic (exact) mass is 379 g/mol. The number of amides is 1. The molecule has 6 nitrogen and oxygen atoms in total. The molecule has 2 aromatic rings. The summed E-state index contributed by atoms with van der Waals surface area (Å²) in [7, 11) is -3.33. The van der Waals surface area contributed by atoms with Crippen molar-refractivity contribution in [1.29, 1.82) is 0 Å². The van der Waals surface area contributed by atoms with Gasteiger partial charge in [-0.3, -0.25) is 4.79 Å². The quantitative estimate of drug-likeness (QED) is 0.665. The number of aromatic amines is 1. The third-order valence-corrected chi connectivity index (χ3v) is 6.09. The Hall–Kier alpha value is -1.86. The van der Waals surface area contributed by atoms with Gasteiger partial charge >= 0.3 is 0 Å². The molecule has 0 aliphatic rings. The van der Waals surface area contributed by atoms with Gasteiger partial charge in [0.25, 0.3) is 0 Å². The summed E-state index contributed by atoms with van der Waals surface area (Å²) in [6.07, 6.45) is 5.35. The van der Waals surface area contributed by atoms with Crippen LogP contribution in [0.2, 0.25) is 0 Å². The van der Waals surface area contributed by atoms with Crippen molar-refractivity contribution in [1.82, 2.24) is 14.6 Å². The standard InChI is InChI=1S/C19H29N3O3S/c1-4-15(5-2)19(23)20-11-13-22(26(3,24)25)12-10-16-14-21-18-9-7-6-8-17(16)18/h6-9,14-15,21H,4-5,10-13H2,1-3H3,(H,20,23). The van der Waals surface area contributed by atoms with Gasteiger partial charge in [0.15, 0.2) is 0 Å². The topological polar surface area (TPSA) is 82.3 Å². The molecule has 0 saturated carbocycles. The highest BCUT2D eigenvalue weighted by molar-refractivity contribution is 7.88. The van der Waals surface area contributed by atoms with E-state index >= 15 is 0 Å². The molecule has 1 aromatic heterocycles. The lowest BCUT2D eigenvalue weighted by atomic mass is 10.0. The first-order valence-electron chi connectivity index (χ1n) is 9.14. The first-order chi connectivity index (χ1) is 12.4. The maximum absolute atomic E-state index is 12.1. The van der Waals surface area contributed by atoms with Crippen LogP contribution < -0.4 is 5.32 Å². The Morgan fingerprint density at radius 1 is 1.19 bits per heavy atom. The molecule has 0 atom stereocenters. The second-order valence-corrected chi connectivity index (χ2v) is 8.56. The zero-order valence-electron chi connectivity index (χ0n) is 15.8. The highest BCUT2D eigenvalue weighted by Gasteiger charge is 2.18. The normalized spacial score (nSPS) is 12.2. The van der Waals surface area contributed by atoms with E-state index in [1.165, 1.54) is 10.6 Å². The first kappa shape index (κ1) is 20.5. The van der Waals surface area contributed by atoms with Crippen molar-refractivity contribution in [3.05, 3.63) is 36.0 Å². The van der Waals surface area contributed by atoms with E-state index in [1.807, 2.05) is 44.3 Å². The molecule has 0 aliphatic carbocycles. The van der Waals surface area contributed by atoms with Crippen molar-refractivity contribution < 1.29 is 13.2 Å². The van der Waals surface area contributed by atoms with Crippen LogP contribution in [0.3, 0.4) is 0 Å². The fraction of sp³-hybridized carbons (Fsp3) is 0.526. The molecular weight excluding hydrogens is 350 g/mol. The number of para-hydroxylation sites is 1. The summed E-state index contributed by atoms with van der Waals surface area (Å²) in [6.45, 7) is 4.97. The number of aromatic nitrogens is 1. The number of hydrogen-bond donors (Lipinski definition) is 2. The first-order valence-corrected chi connectivity index (χ1v) is 11.0. The van der Waals surface area contributed by atoms with Crippen molar-refractivity contribution in [3.63, 3.8) is 0 Å². The van der Waals surface area contributed by atoms with E-state index in [4.69, 9.17) is 0 Å². The van der Waals surface area contributed by atoms with Gasteiger partial charge in [-0.2, -0.15) is 0 Å². The molecule has 1 heterocycles. The van der Waals surface area contributed by atoms with E-state index in [-0.39, 0.29) is 18.4 Å². The number of carbonyl (C=O) groups is 1. The molecule has 0 saturated heterocycles.